The maximum absolute atomic E-state index is 12.1. The molecule has 0 radical (unpaired) electrons. The highest BCUT2D eigenvalue weighted by Crippen LogP contribution is 2.32. The zero-order valence-corrected chi connectivity index (χ0v) is 14.7. The van der Waals surface area contributed by atoms with Crippen LogP contribution in [-0.4, -0.2) is 28.4 Å². The molecule has 6 nitrogen and oxygen atoms in total. The molecule has 2 N–H and O–H groups in total. The van der Waals surface area contributed by atoms with Crippen molar-refractivity contribution in [1.29, 1.82) is 5.26 Å². The largest absolute Gasteiger partial charge is 0.464 e. The van der Waals surface area contributed by atoms with Crippen LogP contribution in [0, 0.1) is 11.3 Å². The van der Waals surface area contributed by atoms with Crippen molar-refractivity contribution in [3.8, 4) is 11.8 Å². The first-order valence-corrected chi connectivity index (χ1v) is 8.92. The number of thioether (sulfide) groups is 1. The number of carbonyl (C=O) groups is 1. The lowest BCUT2D eigenvalue weighted by Gasteiger charge is -2.08. The number of nitrogens with zero attached hydrogens (tertiary/aromatic N) is 3. The number of rotatable bonds is 4. The number of aromatic nitrogens is 2. The molecular weight excluding hydrogens is 344 g/mol. The minimum absolute atomic E-state index is 0.121. The number of benzene rings is 1. The van der Waals surface area contributed by atoms with E-state index in [4.69, 9.17) is 10.5 Å². The molecule has 0 amide bonds. The smallest absolute Gasteiger partial charge is 0.357 e. The summed E-state index contributed by atoms with van der Waals surface area (Å²) in [5.41, 5.74) is 8.07. The number of methoxy groups -OCH3 is 1. The van der Waals surface area contributed by atoms with Crippen molar-refractivity contribution in [1.82, 2.24) is 9.55 Å². The highest BCUT2D eigenvalue weighted by atomic mass is 32.2. The van der Waals surface area contributed by atoms with Crippen LogP contribution >= 0.6 is 23.1 Å². The molecular formula is C16H14N4O2S2. The fourth-order valence-corrected chi connectivity index (χ4v) is 4.34. The Morgan fingerprint density at radius 1 is 1.54 bits per heavy atom. The minimum Gasteiger partial charge on any atom is -0.464 e. The van der Waals surface area contributed by atoms with Crippen molar-refractivity contribution in [3.05, 3.63) is 35.7 Å². The Morgan fingerprint density at radius 2 is 2.33 bits per heavy atom. The van der Waals surface area contributed by atoms with Gasteiger partial charge in [0.25, 0.3) is 0 Å². The molecule has 1 aromatic carbocycles. The van der Waals surface area contributed by atoms with Gasteiger partial charge in [0.1, 0.15) is 6.07 Å². The molecule has 0 aliphatic carbocycles. The van der Waals surface area contributed by atoms with Gasteiger partial charge >= 0.3 is 5.97 Å². The maximum atomic E-state index is 12.1. The summed E-state index contributed by atoms with van der Waals surface area (Å²) in [6, 6.07) is 7.66. The average Bonchev–Trinajstić information content (AvgIpc) is 3.13. The summed E-state index contributed by atoms with van der Waals surface area (Å²) >= 11 is 3.28. The van der Waals surface area contributed by atoms with E-state index in [-0.39, 0.29) is 16.9 Å². The minimum atomic E-state index is -0.583. The van der Waals surface area contributed by atoms with Crippen molar-refractivity contribution < 1.29 is 9.53 Å². The number of fused-ring (bicyclic) bond motifs is 1. The van der Waals surface area contributed by atoms with E-state index in [0.717, 1.165) is 26.0 Å². The quantitative estimate of drug-likeness (QED) is 0.567. The zero-order chi connectivity index (χ0) is 17.3. The topological polar surface area (TPSA) is 93.9 Å². The number of hydrogen-bond donors (Lipinski definition) is 1. The zero-order valence-electron chi connectivity index (χ0n) is 13.1. The standard InChI is InChI=1S/C16H14N4O2S2/c1-3-23-16-19-11-5-4-10(6-12(11)24-16)20-8-9(7-17)13(18)14(20)15(21)22-2/h4-6,8H,3,18H2,1-2H3. The van der Waals surface area contributed by atoms with Gasteiger partial charge < -0.3 is 15.0 Å². The van der Waals surface area contributed by atoms with E-state index in [0.29, 0.717) is 0 Å². The van der Waals surface area contributed by atoms with Crippen LogP contribution in [0.5, 0.6) is 0 Å². The summed E-state index contributed by atoms with van der Waals surface area (Å²) in [5, 5.41) is 9.19. The van der Waals surface area contributed by atoms with Gasteiger partial charge in [-0.15, -0.1) is 11.3 Å². The molecule has 3 rings (SSSR count). The Labute approximate surface area is 146 Å². The fraction of sp³-hybridized carbons (Fsp3) is 0.188. The number of nitriles is 1. The summed E-state index contributed by atoms with van der Waals surface area (Å²) in [7, 11) is 1.28. The third-order valence-electron chi connectivity index (χ3n) is 3.44. The Hall–Kier alpha value is -2.50. The molecule has 0 atom stereocenters. The maximum Gasteiger partial charge on any atom is 0.357 e. The number of nitrogen functional groups attached to an aromatic ring is 1. The van der Waals surface area contributed by atoms with Crippen molar-refractivity contribution in [2.45, 2.75) is 11.3 Å². The Bertz CT molecular complexity index is 969. The number of carbonyl (C=O) groups excluding carboxylic acids is 1. The van der Waals surface area contributed by atoms with Crippen LogP contribution in [0.25, 0.3) is 15.9 Å². The molecule has 0 saturated carbocycles. The Balaban J connectivity index is 2.16. The van der Waals surface area contributed by atoms with Gasteiger partial charge in [-0.05, 0) is 24.0 Å². The number of thiazole rings is 1. The molecule has 0 aliphatic rings. The summed E-state index contributed by atoms with van der Waals surface area (Å²) in [6.45, 7) is 2.08. The van der Waals surface area contributed by atoms with E-state index >= 15 is 0 Å². The first kappa shape index (κ1) is 16.4. The second-order valence-corrected chi connectivity index (χ2v) is 7.39. The first-order chi connectivity index (χ1) is 11.6. The van der Waals surface area contributed by atoms with E-state index in [1.54, 1.807) is 33.9 Å². The molecule has 0 unspecified atom stereocenters. The summed E-state index contributed by atoms with van der Waals surface area (Å²) in [6.07, 6.45) is 1.55. The second kappa shape index (κ2) is 6.55. The van der Waals surface area contributed by atoms with E-state index < -0.39 is 5.97 Å². The molecule has 2 heterocycles. The van der Waals surface area contributed by atoms with Gasteiger partial charge in [-0.3, -0.25) is 0 Å². The molecule has 0 saturated heterocycles. The molecule has 0 bridgehead atoms. The van der Waals surface area contributed by atoms with Gasteiger partial charge in [-0.1, -0.05) is 18.7 Å². The van der Waals surface area contributed by atoms with Gasteiger partial charge in [0.2, 0.25) is 0 Å². The van der Waals surface area contributed by atoms with Crippen molar-refractivity contribution in [3.63, 3.8) is 0 Å². The van der Waals surface area contributed by atoms with E-state index in [2.05, 4.69) is 11.9 Å². The molecule has 0 aliphatic heterocycles. The molecule has 24 heavy (non-hydrogen) atoms. The molecule has 8 heteroatoms. The van der Waals surface area contributed by atoms with Gasteiger partial charge in [-0.2, -0.15) is 5.26 Å². The number of nitrogens with two attached hydrogens (primary N) is 1. The average molecular weight is 358 g/mol. The van der Waals surface area contributed by atoms with Crippen LogP contribution in [0.1, 0.15) is 23.0 Å². The van der Waals surface area contributed by atoms with E-state index in [1.807, 2.05) is 24.3 Å². The number of esters is 1. The lowest BCUT2D eigenvalue weighted by Crippen LogP contribution is -2.11. The van der Waals surface area contributed by atoms with Gasteiger partial charge in [-0.25, -0.2) is 9.78 Å². The molecule has 0 fully saturated rings. The van der Waals surface area contributed by atoms with Crippen LogP contribution in [0.15, 0.2) is 28.7 Å². The van der Waals surface area contributed by atoms with E-state index in [1.165, 1.54) is 7.11 Å². The van der Waals surface area contributed by atoms with E-state index in [9.17, 15) is 10.1 Å². The van der Waals surface area contributed by atoms with Gasteiger partial charge in [0, 0.05) is 11.9 Å². The van der Waals surface area contributed by atoms with Crippen LogP contribution in [0.2, 0.25) is 0 Å². The van der Waals surface area contributed by atoms with Crippen LogP contribution in [-0.2, 0) is 4.74 Å². The highest BCUT2D eigenvalue weighted by Gasteiger charge is 2.22. The van der Waals surface area contributed by atoms with Crippen molar-refractivity contribution in [2.75, 3.05) is 18.6 Å². The van der Waals surface area contributed by atoms with Crippen LogP contribution < -0.4 is 5.73 Å². The van der Waals surface area contributed by atoms with Crippen LogP contribution in [0.3, 0.4) is 0 Å². The predicted octanol–water partition coefficient (Wildman–Crippen LogP) is 3.44. The van der Waals surface area contributed by atoms with Gasteiger partial charge in [0.15, 0.2) is 10.0 Å². The van der Waals surface area contributed by atoms with Crippen molar-refractivity contribution >= 4 is 45.0 Å². The number of anilines is 1. The normalized spacial score (nSPS) is 10.7. The third kappa shape index (κ3) is 2.72. The number of hydrogen-bond acceptors (Lipinski definition) is 7. The van der Waals surface area contributed by atoms with Crippen molar-refractivity contribution in [2.24, 2.45) is 0 Å². The monoisotopic (exact) mass is 358 g/mol. The predicted molar refractivity (Wildman–Crippen MR) is 95.8 cm³/mol. The molecule has 2 aromatic heterocycles. The lowest BCUT2D eigenvalue weighted by molar-refractivity contribution is 0.0593. The fourth-order valence-electron chi connectivity index (χ4n) is 2.35. The Morgan fingerprint density at radius 3 is 3.00 bits per heavy atom. The third-order valence-corrected chi connectivity index (χ3v) is 5.49. The van der Waals surface area contributed by atoms with Crippen LogP contribution in [0.4, 0.5) is 5.69 Å². The molecule has 0 spiro atoms. The highest BCUT2D eigenvalue weighted by molar-refractivity contribution is 8.01. The molecule has 3 aromatic rings. The first-order valence-electron chi connectivity index (χ1n) is 7.12. The lowest BCUT2D eigenvalue weighted by atomic mass is 10.2. The summed E-state index contributed by atoms with van der Waals surface area (Å²) in [5.74, 6) is 0.374. The molecule has 122 valence electrons. The number of ether oxygens (including phenoxy) is 1. The van der Waals surface area contributed by atoms with Gasteiger partial charge in [0.05, 0.1) is 28.6 Å². The summed E-state index contributed by atoms with van der Waals surface area (Å²) < 4.78 is 8.39. The summed E-state index contributed by atoms with van der Waals surface area (Å²) in [4.78, 5) is 16.6. The SMILES string of the molecule is CCSc1nc2ccc(-n3cc(C#N)c(N)c3C(=O)OC)cc2s1. The second-order valence-electron chi connectivity index (χ2n) is 4.84. The Kier molecular flexibility index (Phi) is 4.46.